The van der Waals surface area contributed by atoms with Crippen molar-refractivity contribution in [3.63, 3.8) is 0 Å². The van der Waals surface area contributed by atoms with Gasteiger partial charge >= 0.3 is 0 Å². The highest BCUT2D eigenvalue weighted by Crippen LogP contribution is 2.19. The van der Waals surface area contributed by atoms with Crippen molar-refractivity contribution >= 4 is 5.91 Å². The highest BCUT2D eigenvalue weighted by molar-refractivity contribution is 5.76. The summed E-state index contributed by atoms with van der Waals surface area (Å²) in [6.07, 6.45) is 6.49. The Morgan fingerprint density at radius 3 is 3.06 bits per heavy atom. The van der Waals surface area contributed by atoms with E-state index >= 15 is 0 Å². The third kappa shape index (κ3) is 2.82. The molecule has 6 nitrogen and oxygen atoms in total. The number of aromatic nitrogens is 3. The molecular formula is C11H19N5O. The lowest BCUT2D eigenvalue weighted by atomic mass is 9.97. The summed E-state index contributed by atoms with van der Waals surface area (Å²) < 4.78 is 1.55. The van der Waals surface area contributed by atoms with E-state index in [1.54, 1.807) is 17.1 Å². The van der Waals surface area contributed by atoms with Gasteiger partial charge in [0, 0.05) is 24.8 Å². The fraction of sp³-hybridized carbons (Fsp3) is 0.727. The Morgan fingerprint density at radius 1 is 1.59 bits per heavy atom. The summed E-state index contributed by atoms with van der Waals surface area (Å²) in [5, 5.41) is 7.50. The number of rotatable bonds is 3. The van der Waals surface area contributed by atoms with Crippen molar-refractivity contribution in [3.05, 3.63) is 12.4 Å². The number of nitrogens with two attached hydrogens (primary N) is 1. The van der Waals surface area contributed by atoms with E-state index in [4.69, 9.17) is 5.73 Å². The second-order valence-corrected chi connectivity index (χ2v) is 4.61. The molecule has 1 aromatic heterocycles. The quantitative estimate of drug-likeness (QED) is 0.803. The second kappa shape index (κ2) is 5.27. The monoisotopic (exact) mass is 237 g/mol. The largest absolute Gasteiger partial charge is 0.337 e. The van der Waals surface area contributed by atoms with E-state index in [1.807, 2.05) is 11.8 Å². The molecule has 1 aliphatic rings. The molecule has 0 aromatic carbocycles. The fourth-order valence-corrected chi connectivity index (χ4v) is 2.36. The lowest BCUT2D eigenvalue weighted by molar-refractivity contribution is -0.136. The van der Waals surface area contributed by atoms with Crippen LogP contribution in [0.2, 0.25) is 0 Å². The molecule has 1 aliphatic heterocycles. The fourth-order valence-electron chi connectivity index (χ4n) is 2.36. The predicted octanol–water partition coefficient (Wildman–Crippen LogP) is 0.00640. The van der Waals surface area contributed by atoms with Gasteiger partial charge in [-0.15, -0.1) is 5.10 Å². The van der Waals surface area contributed by atoms with Crippen LogP contribution in [0.25, 0.3) is 0 Å². The number of carbonyl (C=O) groups is 1. The van der Waals surface area contributed by atoms with Gasteiger partial charge in [-0.3, -0.25) is 4.79 Å². The van der Waals surface area contributed by atoms with Gasteiger partial charge < -0.3 is 10.6 Å². The Balaban J connectivity index is 2.01. The van der Waals surface area contributed by atoms with Crippen molar-refractivity contribution in [2.24, 2.45) is 5.73 Å². The van der Waals surface area contributed by atoms with Gasteiger partial charge in [-0.25, -0.2) is 4.68 Å². The molecule has 2 atom stereocenters. The number of hydrogen-bond acceptors (Lipinski definition) is 4. The minimum Gasteiger partial charge on any atom is -0.337 e. The van der Waals surface area contributed by atoms with Crippen molar-refractivity contribution in [3.8, 4) is 0 Å². The van der Waals surface area contributed by atoms with E-state index in [1.165, 1.54) is 0 Å². The van der Waals surface area contributed by atoms with E-state index in [9.17, 15) is 4.79 Å². The number of hydrogen-bond donors (Lipinski definition) is 1. The molecule has 2 unspecified atom stereocenters. The minimum atomic E-state index is 0.0231. The summed E-state index contributed by atoms with van der Waals surface area (Å²) in [6, 6.07) is 0.190. The first-order chi connectivity index (χ1) is 8.18. The third-order valence-electron chi connectivity index (χ3n) is 3.25. The van der Waals surface area contributed by atoms with E-state index in [-0.39, 0.29) is 24.5 Å². The smallest absolute Gasteiger partial charge is 0.244 e. The second-order valence-electron chi connectivity index (χ2n) is 4.61. The Labute approximate surface area is 101 Å². The summed E-state index contributed by atoms with van der Waals surface area (Å²) in [5.41, 5.74) is 5.94. The highest BCUT2D eigenvalue weighted by atomic mass is 16.2. The van der Waals surface area contributed by atoms with Crippen molar-refractivity contribution in [2.75, 3.05) is 6.54 Å². The maximum absolute atomic E-state index is 12.2. The Kier molecular flexibility index (Phi) is 3.73. The van der Waals surface area contributed by atoms with Gasteiger partial charge in [-0.05, 0) is 26.2 Å². The van der Waals surface area contributed by atoms with Crippen molar-refractivity contribution in [1.29, 1.82) is 0 Å². The van der Waals surface area contributed by atoms with Crippen LogP contribution in [0.1, 0.15) is 26.2 Å². The summed E-state index contributed by atoms with van der Waals surface area (Å²) in [4.78, 5) is 14.1. The number of likely N-dealkylation sites (tertiary alicyclic amines) is 1. The first-order valence-electron chi connectivity index (χ1n) is 6.07. The van der Waals surface area contributed by atoms with Gasteiger partial charge in [0.05, 0.1) is 6.20 Å². The van der Waals surface area contributed by atoms with Gasteiger partial charge in [0.15, 0.2) is 0 Å². The number of carbonyl (C=O) groups excluding carboxylic acids is 1. The van der Waals surface area contributed by atoms with Gasteiger partial charge in [0.25, 0.3) is 0 Å². The van der Waals surface area contributed by atoms with Crippen LogP contribution in [0.3, 0.4) is 0 Å². The van der Waals surface area contributed by atoms with Crippen LogP contribution >= 0.6 is 0 Å². The van der Waals surface area contributed by atoms with E-state index in [2.05, 4.69) is 10.3 Å². The van der Waals surface area contributed by atoms with Crippen LogP contribution in [0.5, 0.6) is 0 Å². The van der Waals surface area contributed by atoms with Crippen LogP contribution in [0, 0.1) is 0 Å². The molecule has 17 heavy (non-hydrogen) atoms. The van der Waals surface area contributed by atoms with Crippen molar-refractivity contribution in [1.82, 2.24) is 19.9 Å². The highest BCUT2D eigenvalue weighted by Gasteiger charge is 2.29. The standard InChI is InChI=1S/C11H19N5O/c1-9(12)10-4-2-3-6-16(10)11(17)8-15-7-5-13-14-15/h5,7,9-10H,2-4,6,8,12H2,1H3. The molecule has 0 bridgehead atoms. The molecule has 6 heteroatoms. The maximum Gasteiger partial charge on any atom is 0.244 e. The average molecular weight is 237 g/mol. The van der Waals surface area contributed by atoms with E-state index in [0.29, 0.717) is 0 Å². The zero-order chi connectivity index (χ0) is 12.3. The van der Waals surface area contributed by atoms with Crippen LogP contribution in [-0.2, 0) is 11.3 Å². The number of amides is 1. The van der Waals surface area contributed by atoms with Crippen LogP contribution in [-0.4, -0.2) is 44.4 Å². The first kappa shape index (κ1) is 12.0. The normalized spacial score (nSPS) is 22.5. The molecule has 2 N–H and O–H groups in total. The van der Waals surface area contributed by atoms with Crippen LogP contribution in [0.4, 0.5) is 0 Å². The Hall–Kier alpha value is -1.43. The van der Waals surface area contributed by atoms with Crippen molar-refractivity contribution < 1.29 is 4.79 Å². The summed E-state index contributed by atoms with van der Waals surface area (Å²) in [7, 11) is 0. The Morgan fingerprint density at radius 2 is 2.41 bits per heavy atom. The SMILES string of the molecule is CC(N)C1CCCCN1C(=O)Cn1ccnn1. The molecule has 1 aromatic rings. The summed E-state index contributed by atoms with van der Waals surface area (Å²) in [6.45, 7) is 3.02. The zero-order valence-electron chi connectivity index (χ0n) is 10.1. The van der Waals surface area contributed by atoms with Crippen LogP contribution < -0.4 is 5.73 Å². The summed E-state index contributed by atoms with van der Waals surface area (Å²) >= 11 is 0. The van der Waals surface area contributed by atoms with Gasteiger partial charge in [0.2, 0.25) is 5.91 Å². The molecular weight excluding hydrogens is 218 g/mol. The topological polar surface area (TPSA) is 77.0 Å². The predicted molar refractivity (Wildman–Crippen MR) is 63.0 cm³/mol. The molecule has 2 heterocycles. The molecule has 94 valence electrons. The lowest BCUT2D eigenvalue weighted by Gasteiger charge is -2.38. The van der Waals surface area contributed by atoms with Crippen molar-refractivity contribution in [2.45, 2.75) is 44.8 Å². The molecule has 0 saturated carbocycles. The molecule has 0 aliphatic carbocycles. The zero-order valence-corrected chi connectivity index (χ0v) is 10.1. The number of piperidine rings is 1. The van der Waals surface area contributed by atoms with Crippen LogP contribution in [0.15, 0.2) is 12.4 Å². The molecule has 1 fully saturated rings. The van der Waals surface area contributed by atoms with Gasteiger partial charge in [-0.1, -0.05) is 5.21 Å². The molecule has 0 spiro atoms. The molecule has 0 radical (unpaired) electrons. The van der Waals surface area contributed by atoms with Gasteiger partial charge in [-0.2, -0.15) is 0 Å². The Bertz CT molecular complexity index is 362. The molecule has 1 amide bonds. The average Bonchev–Trinajstić information content (AvgIpc) is 2.81. The van der Waals surface area contributed by atoms with Gasteiger partial charge in [0.1, 0.15) is 6.54 Å². The molecule has 1 saturated heterocycles. The van der Waals surface area contributed by atoms with E-state index < -0.39 is 0 Å². The maximum atomic E-state index is 12.2. The third-order valence-corrected chi connectivity index (χ3v) is 3.25. The lowest BCUT2D eigenvalue weighted by Crippen LogP contribution is -2.52. The number of nitrogens with zero attached hydrogens (tertiary/aromatic N) is 4. The first-order valence-corrected chi connectivity index (χ1v) is 6.07. The summed E-state index contributed by atoms with van der Waals surface area (Å²) in [5.74, 6) is 0.0810. The molecule has 2 rings (SSSR count). The van der Waals surface area contributed by atoms with E-state index in [0.717, 1.165) is 25.8 Å². The minimum absolute atomic E-state index is 0.0231.